The minimum atomic E-state index is -0.773. The van der Waals surface area contributed by atoms with Crippen LogP contribution in [0.5, 0.6) is 0 Å². The summed E-state index contributed by atoms with van der Waals surface area (Å²) in [5.74, 6) is 2.08. The monoisotopic (exact) mass is 289 g/mol. The average Bonchev–Trinajstić information content (AvgIpc) is 2.81. The molecule has 1 N–H and O–H groups in total. The zero-order valence-electron chi connectivity index (χ0n) is 12.4. The molecule has 114 valence electrons. The van der Waals surface area contributed by atoms with Crippen LogP contribution >= 0.6 is 0 Å². The highest BCUT2D eigenvalue weighted by Crippen LogP contribution is 2.60. The van der Waals surface area contributed by atoms with Crippen molar-refractivity contribution in [2.75, 3.05) is 0 Å². The molecule has 0 unspecified atom stereocenters. The van der Waals surface area contributed by atoms with Gasteiger partial charge in [0.2, 0.25) is 0 Å². The van der Waals surface area contributed by atoms with Crippen molar-refractivity contribution in [2.24, 2.45) is 23.2 Å². The Morgan fingerprint density at radius 3 is 2.43 bits per heavy atom. The van der Waals surface area contributed by atoms with Crippen LogP contribution in [0.15, 0.2) is 6.20 Å². The van der Waals surface area contributed by atoms with E-state index in [-0.39, 0.29) is 6.42 Å². The van der Waals surface area contributed by atoms with E-state index in [0.29, 0.717) is 11.8 Å². The minimum absolute atomic E-state index is 0.135. The van der Waals surface area contributed by atoms with Crippen molar-refractivity contribution in [1.82, 2.24) is 15.0 Å². The standard InChI is InChI=1S/C16H23N3O2/c20-15(21)2-1-14-9-19(18-17-14)10-16-6-11-3-12(7-16)5-13(4-11)8-16/h9,11-13H,1-8,10H2,(H,20,21). The Balaban J connectivity index is 1.45. The van der Waals surface area contributed by atoms with E-state index in [9.17, 15) is 4.79 Å². The fourth-order valence-electron chi connectivity index (χ4n) is 5.59. The summed E-state index contributed by atoms with van der Waals surface area (Å²) in [7, 11) is 0. The first-order valence-corrected chi connectivity index (χ1v) is 8.21. The SMILES string of the molecule is O=C(O)CCc1cn(CC23CC4CC(CC(C4)C2)C3)nn1. The maximum atomic E-state index is 10.6. The highest BCUT2D eigenvalue weighted by atomic mass is 16.4. The summed E-state index contributed by atoms with van der Waals surface area (Å²) < 4.78 is 1.98. The largest absolute Gasteiger partial charge is 0.481 e. The van der Waals surface area contributed by atoms with Crippen molar-refractivity contribution in [3.05, 3.63) is 11.9 Å². The molecule has 0 spiro atoms. The van der Waals surface area contributed by atoms with Crippen LogP contribution in [0.3, 0.4) is 0 Å². The zero-order chi connectivity index (χ0) is 14.4. The lowest BCUT2D eigenvalue weighted by Crippen LogP contribution is -2.48. The van der Waals surface area contributed by atoms with E-state index in [1.165, 1.54) is 38.5 Å². The van der Waals surface area contributed by atoms with Gasteiger partial charge in [0.15, 0.2) is 0 Å². The molecule has 4 bridgehead atoms. The van der Waals surface area contributed by atoms with E-state index in [2.05, 4.69) is 10.3 Å². The molecule has 1 heterocycles. The van der Waals surface area contributed by atoms with Gasteiger partial charge in [-0.3, -0.25) is 9.48 Å². The minimum Gasteiger partial charge on any atom is -0.481 e. The number of aliphatic carboxylic acids is 1. The molecule has 1 aromatic rings. The Bertz CT molecular complexity index is 516. The Morgan fingerprint density at radius 1 is 1.24 bits per heavy atom. The summed E-state index contributed by atoms with van der Waals surface area (Å²) >= 11 is 0. The number of nitrogens with zero attached hydrogens (tertiary/aromatic N) is 3. The van der Waals surface area contributed by atoms with Crippen LogP contribution in [0.1, 0.15) is 50.6 Å². The van der Waals surface area contributed by atoms with E-state index < -0.39 is 5.97 Å². The topological polar surface area (TPSA) is 68.0 Å². The lowest BCUT2D eigenvalue weighted by molar-refractivity contribution is -0.136. The zero-order valence-corrected chi connectivity index (χ0v) is 12.4. The molecule has 4 aliphatic carbocycles. The van der Waals surface area contributed by atoms with Gasteiger partial charge in [-0.1, -0.05) is 5.21 Å². The van der Waals surface area contributed by atoms with E-state index in [1.54, 1.807) is 0 Å². The molecule has 4 fully saturated rings. The highest BCUT2D eigenvalue weighted by Gasteiger charge is 2.51. The van der Waals surface area contributed by atoms with Gasteiger partial charge >= 0.3 is 5.97 Å². The molecule has 4 saturated carbocycles. The van der Waals surface area contributed by atoms with Crippen LogP contribution < -0.4 is 0 Å². The van der Waals surface area contributed by atoms with Gasteiger partial charge in [0.25, 0.3) is 0 Å². The van der Waals surface area contributed by atoms with Crippen LogP contribution in [-0.4, -0.2) is 26.1 Å². The highest BCUT2D eigenvalue weighted by molar-refractivity contribution is 5.66. The maximum absolute atomic E-state index is 10.6. The molecule has 21 heavy (non-hydrogen) atoms. The molecule has 0 amide bonds. The molecular formula is C16H23N3O2. The Kier molecular flexibility index (Phi) is 3.05. The van der Waals surface area contributed by atoms with E-state index in [4.69, 9.17) is 5.11 Å². The van der Waals surface area contributed by atoms with E-state index in [0.717, 1.165) is 30.0 Å². The van der Waals surface area contributed by atoms with Crippen LogP contribution in [0, 0.1) is 23.2 Å². The van der Waals surface area contributed by atoms with Gasteiger partial charge in [0.1, 0.15) is 0 Å². The molecule has 4 aliphatic rings. The van der Waals surface area contributed by atoms with Crippen molar-refractivity contribution in [2.45, 2.75) is 57.9 Å². The molecular weight excluding hydrogens is 266 g/mol. The van der Waals surface area contributed by atoms with Gasteiger partial charge in [-0.2, -0.15) is 0 Å². The predicted octanol–water partition coefficient (Wildman–Crippen LogP) is 2.51. The number of hydrogen-bond donors (Lipinski definition) is 1. The molecule has 0 radical (unpaired) electrons. The third-order valence-corrected chi connectivity index (χ3v) is 5.84. The lowest BCUT2D eigenvalue weighted by Gasteiger charge is -2.56. The number of carbonyl (C=O) groups is 1. The Labute approximate surface area is 124 Å². The van der Waals surface area contributed by atoms with Crippen LogP contribution in [0.4, 0.5) is 0 Å². The maximum Gasteiger partial charge on any atom is 0.303 e. The van der Waals surface area contributed by atoms with Crippen LogP contribution in [0.25, 0.3) is 0 Å². The molecule has 5 nitrogen and oxygen atoms in total. The fourth-order valence-corrected chi connectivity index (χ4v) is 5.59. The van der Waals surface area contributed by atoms with Crippen molar-refractivity contribution in [3.63, 3.8) is 0 Å². The lowest BCUT2D eigenvalue weighted by atomic mass is 9.49. The van der Waals surface area contributed by atoms with Crippen molar-refractivity contribution < 1.29 is 9.90 Å². The summed E-state index contributed by atoms with van der Waals surface area (Å²) in [6.45, 7) is 0.983. The van der Waals surface area contributed by atoms with Crippen molar-refractivity contribution in [1.29, 1.82) is 0 Å². The fraction of sp³-hybridized carbons (Fsp3) is 0.812. The second-order valence-corrected chi connectivity index (χ2v) is 7.72. The summed E-state index contributed by atoms with van der Waals surface area (Å²) in [6, 6.07) is 0. The van der Waals surface area contributed by atoms with Crippen LogP contribution in [-0.2, 0) is 17.8 Å². The number of aryl methyl sites for hydroxylation is 1. The third kappa shape index (κ3) is 2.58. The van der Waals surface area contributed by atoms with Gasteiger partial charge in [-0.25, -0.2) is 0 Å². The summed E-state index contributed by atoms with van der Waals surface area (Å²) in [6.07, 6.45) is 11.0. The quantitative estimate of drug-likeness (QED) is 0.904. The van der Waals surface area contributed by atoms with Crippen LogP contribution in [0.2, 0.25) is 0 Å². The summed E-state index contributed by atoms with van der Waals surface area (Å²) in [5.41, 5.74) is 1.26. The molecule has 0 saturated heterocycles. The molecule has 0 atom stereocenters. The number of carboxylic acids is 1. The second-order valence-electron chi connectivity index (χ2n) is 7.72. The third-order valence-electron chi connectivity index (χ3n) is 5.84. The van der Waals surface area contributed by atoms with Gasteiger partial charge in [-0.15, -0.1) is 5.10 Å². The van der Waals surface area contributed by atoms with Crippen molar-refractivity contribution >= 4 is 5.97 Å². The molecule has 5 rings (SSSR count). The van der Waals surface area contributed by atoms with Gasteiger partial charge < -0.3 is 5.11 Å². The first kappa shape index (κ1) is 13.3. The van der Waals surface area contributed by atoms with E-state index >= 15 is 0 Å². The summed E-state index contributed by atoms with van der Waals surface area (Å²) in [4.78, 5) is 10.6. The number of rotatable bonds is 5. The smallest absolute Gasteiger partial charge is 0.303 e. The number of hydrogen-bond acceptors (Lipinski definition) is 3. The first-order valence-electron chi connectivity index (χ1n) is 8.21. The second kappa shape index (κ2) is 4.82. The number of carboxylic acid groups (broad SMARTS) is 1. The predicted molar refractivity (Wildman–Crippen MR) is 76.6 cm³/mol. The van der Waals surface area contributed by atoms with Gasteiger partial charge in [-0.05, 0) is 61.7 Å². The van der Waals surface area contributed by atoms with Crippen molar-refractivity contribution in [3.8, 4) is 0 Å². The molecule has 0 aliphatic heterocycles. The van der Waals surface area contributed by atoms with Gasteiger partial charge in [0.05, 0.1) is 12.1 Å². The molecule has 1 aromatic heterocycles. The average molecular weight is 289 g/mol. The summed E-state index contributed by atoms with van der Waals surface area (Å²) in [5, 5.41) is 17.1. The first-order chi connectivity index (χ1) is 10.1. The van der Waals surface area contributed by atoms with E-state index in [1.807, 2.05) is 10.9 Å². The number of aromatic nitrogens is 3. The molecule has 5 heteroatoms. The normalized spacial score (nSPS) is 37.0. The Hall–Kier alpha value is -1.39. The Morgan fingerprint density at radius 2 is 1.86 bits per heavy atom. The van der Waals surface area contributed by atoms with Gasteiger partial charge in [0, 0.05) is 19.2 Å². The molecule has 0 aromatic carbocycles.